The fourth-order valence-electron chi connectivity index (χ4n) is 5.64. The number of hydrogen-bond acceptors (Lipinski definition) is 9. The highest BCUT2D eigenvalue weighted by molar-refractivity contribution is 6.39. The Morgan fingerprint density at radius 3 is 2.23 bits per heavy atom. The second kappa shape index (κ2) is 16.7. The molecule has 1 aliphatic heterocycles. The molecular formula is C38H35Cl2N3O9. The summed E-state index contributed by atoms with van der Waals surface area (Å²) in [6, 6.07) is 23.5. The number of ketones is 1. The molecule has 0 radical (unpaired) electrons. The molecule has 0 spiro atoms. The normalized spacial score (nSPS) is 16.3. The predicted molar refractivity (Wildman–Crippen MR) is 194 cm³/mol. The molecule has 1 unspecified atom stereocenters. The number of hydrogen-bond donors (Lipinski definition) is 3. The van der Waals surface area contributed by atoms with Crippen molar-refractivity contribution in [3.8, 4) is 5.75 Å². The van der Waals surface area contributed by atoms with Gasteiger partial charge in [0.2, 0.25) is 0 Å². The van der Waals surface area contributed by atoms with E-state index < -0.39 is 60.9 Å². The zero-order valence-corrected chi connectivity index (χ0v) is 29.6. The highest BCUT2D eigenvalue weighted by Crippen LogP contribution is 2.30. The number of Topliss-reactive ketones (excluding diaryl/α,β-unsaturated/α-hetero) is 1. The number of carbonyl (C=O) groups is 5. The number of ether oxygens (including phenoxy) is 2. The third-order valence-electron chi connectivity index (χ3n) is 8.36. The van der Waals surface area contributed by atoms with Gasteiger partial charge >= 0.3 is 11.9 Å². The van der Waals surface area contributed by atoms with Crippen LogP contribution in [-0.2, 0) is 24.0 Å². The van der Waals surface area contributed by atoms with Gasteiger partial charge < -0.3 is 30.1 Å². The lowest BCUT2D eigenvalue weighted by atomic mass is 9.89. The van der Waals surface area contributed by atoms with Crippen molar-refractivity contribution in [3.05, 3.63) is 112 Å². The van der Waals surface area contributed by atoms with Crippen molar-refractivity contribution in [2.75, 3.05) is 13.2 Å². The van der Waals surface area contributed by atoms with E-state index in [0.29, 0.717) is 17.0 Å². The molecule has 0 bridgehead atoms. The smallest absolute Gasteiger partial charge is 0.341 e. The summed E-state index contributed by atoms with van der Waals surface area (Å²) in [7, 11) is 0. The maximum Gasteiger partial charge on any atom is 0.341 e. The number of para-hydroxylation sites is 1. The Hall–Kier alpha value is -5.46. The molecule has 4 aromatic rings. The van der Waals surface area contributed by atoms with Crippen molar-refractivity contribution in [3.63, 3.8) is 0 Å². The van der Waals surface area contributed by atoms with E-state index in [4.69, 9.17) is 37.5 Å². The van der Waals surface area contributed by atoms with Gasteiger partial charge in [0.1, 0.15) is 18.4 Å². The zero-order chi connectivity index (χ0) is 37.4. The Bertz CT molecular complexity index is 2000. The molecule has 3 atom stereocenters. The molecule has 14 heteroatoms. The molecule has 3 N–H and O–H groups in total. The number of esters is 1. The summed E-state index contributed by atoms with van der Waals surface area (Å²) in [6.07, 6.45) is -1.02. The Morgan fingerprint density at radius 1 is 0.885 bits per heavy atom. The van der Waals surface area contributed by atoms with E-state index in [9.17, 15) is 29.1 Å². The molecule has 270 valence electrons. The van der Waals surface area contributed by atoms with Crippen molar-refractivity contribution < 1.29 is 43.4 Å². The first-order chi connectivity index (χ1) is 24.9. The molecule has 12 nitrogen and oxygen atoms in total. The van der Waals surface area contributed by atoms with Crippen molar-refractivity contribution in [2.24, 2.45) is 11.1 Å². The average molecular weight is 749 g/mol. The molecule has 2 amide bonds. The molecule has 5 rings (SSSR count). The van der Waals surface area contributed by atoms with Gasteiger partial charge in [-0.2, -0.15) is 0 Å². The minimum Gasteiger partial charge on any atom is -0.489 e. The van der Waals surface area contributed by atoms with Gasteiger partial charge in [-0.25, -0.2) is 4.79 Å². The van der Waals surface area contributed by atoms with Gasteiger partial charge in [-0.05, 0) is 47.0 Å². The van der Waals surface area contributed by atoms with Crippen LogP contribution in [0.15, 0.2) is 96.2 Å². The number of nitrogens with one attached hydrogen (secondary N) is 2. The SMILES string of the molecule is CC(C)[C@H](NC(=O)c1cccc2ccccc12)C1=NOC(COc2ccccc2)(C(=O)N[C@@H](CC(=O)O)C(=O)COC(=O)c2c(Cl)cccc2Cl)C1. The molecular weight excluding hydrogens is 713 g/mol. The lowest BCUT2D eigenvalue weighted by molar-refractivity contribution is -0.151. The maximum atomic E-state index is 14.1. The van der Waals surface area contributed by atoms with E-state index in [1.165, 1.54) is 18.2 Å². The van der Waals surface area contributed by atoms with Gasteiger partial charge in [-0.3, -0.25) is 19.2 Å². The lowest BCUT2D eigenvalue weighted by Crippen LogP contribution is -2.57. The fourth-order valence-corrected chi connectivity index (χ4v) is 6.19. The van der Waals surface area contributed by atoms with Gasteiger partial charge in [-0.15, -0.1) is 0 Å². The van der Waals surface area contributed by atoms with Crippen LogP contribution in [0.5, 0.6) is 5.75 Å². The first-order valence-electron chi connectivity index (χ1n) is 16.3. The molecule has 0 fully saturated rings. The highest BCUT2D eigenvalue weighted by Gasteiger charge is 2.50. The first kappa shape index (κ1) is 37.8. The van der Waals surface area contributed by atoms with E-state index in [-0.39, 0.29) is 33.9 Å². The van der Waals surface area contributed by atoms with Gasteiger partial charge in [0.25, 0.3) is 17.4 Å². The van der Waals surface area contributed by atoms with E-state index in [2.05, 4.69) is 15.8 Å². The van der Waals surface area contributed by atoms with Crippen molar-refractivity contribution in [1.29, 1.82) is 0 Å². The summed E-state index contributed by atoms with van der Waals surface area (Å²) in [4.78, 5) is 71.3. The third kappa shape index (κ3) is 8.87. The number of halogens is 2. The number of carboxylic acids is 1. The van der Waals surface area contributed by atoms with Gasteiger partial charge in [0, 0.05) is 12.0 Å². The number of benzene rings is 4. The van der Waals surface area contributed by atoms with E-state index in [0.717, 1.165) is 10.8 Å². The number of carboxylic acid groups (broad SMARTS) is 1. The maximum absolute atomic E-state index is 14.1. The molecule has 0 aliphatic carbocycles. The van der Waals surface area contributed by atoms with Crippen LogP contribution < -0.4 is 15.4 Å². The summed E-state index contributed by atoms with van der Waals surface area (Å²) < 4.78 is 11.0. The van der Waals surface area contributed by atoms with Crippen LogP contribution in [0.3, 0.4) is 0 Å². The molecule has 0 saturated carbocycles. The van der Waals surface area contributed by atoms with Crippen LogP contribution in [0.2, 0.25) is 10.0 Å². The predicted octanol–water partition coefficient (Wildman–Crippen LogP) is 5.88. The van der Waals surface area contributed by atoms with Crippen LogP contribution in [0.4, 0.5) is 0 Å². The summed E-state index contributed by atoms with van der Waals surface area (Å²) in [5.74, 6) is -4.43. The first-order valence-corrected chi connectivity index (χ1v) is 17.0. The van der Waals surface area contributed by atoms with Crippen molar-refractivity contribution >= 4 is 69.2 Å². The standard InChI is InChI=1S/C38H35Cl2N3O9/c1-22(2)34(42-35(47)26-15-8-11-23-10-6-7-14-25(23)26)30-19-38(52-43-30,21-51-24-12-4-3-5-13-24)37(49)41-29(18-32(45)46)31(44)20-50-36(48)33-27(39)16-9-17-28(33)40/h3-17,22,29,34H,18-21H2,1-2H3,(H,41,49)(H,42,47)(H,45,46)/t29-,34-,38?/m0/s1. The van der Waals surface area contributed by atoms with Crippen LogP contribution in [-0.4, -0.2) is 71.3 Å². The Morgan fingerprint density at radius 2 is 1.54 bits per heavy atom. The number of carbonyl (C=O) groups excluding carboxylic acids is 4. The Labute approximate surface area is 309 Å². The van der Waals surface area contributed by atoms with Crippen molar-refractivity contribution in [2.45, 2.75) is 44.4 Å². The number of rotatable bonds is 15. The molecule has 4 aromatic carbocycles. The zero-order valence-electron chi connectivity index (χ0n) is 28.1. The number of amides is 2. The number of aliphatic carboxylic acids is 1. The van der Waals surface area contributed by atoms with Crippen LogP contribution in [0, 0.1) is 5.92 Å². The molecule has 1 heterocycles. The fraction of sp³-hybridized carbons (Fsp3) is 0.263. The number of nitrogens with zero attached hydrogens (tertiary/aromatic N) is 1. The van der Waals surface area contributed by atoms with Gasteiger partial charge in [-0.1, -0.05) is 103 Å². The van der Waals surface area contributed by atoms with E-state index >= 15 is 0 Å². The van der Waals surface area contributed by atoms with Crippen LogP contribution >= 0.6 is 23.2 Å². The summed E-state index contributed by atoms with van der Waals surface area (Å²) in [5.41, 5.74) is -1.29. The van der Waals surface area contributed by atoms with Gasteiger partial charge in [0.15, 0.2) is 12.4 Å². The summed E-state index contributed by atoms with van der Waals surface area (Å²) in [6.45, 7) is 2.45. The summed E-state index contributed by atoms with van der Waals surface area (Å²) >= 11 is 12.1. The summed E-state index contributed by atoms with van der Waals surface area (Å²) in [5, 5.41) is 21.0. The molecule has 0 saturated heterocycles. The highest BCUT2D eigenvalue weighted by atomic mass is 35.5. The second-order valence-electron chi connectivity index (χ2n) is 12.4. The quantitative estimate of drug-likeness (QED) is 0.126. The second-order valence-corrected chi connectivity index (χ2v) is 13.2. The Kier molecular flexibility index (Phi) is 12.1. The Balaban J connectivity index is 1.36. The van der Waals surface area contributed by atoms with Crippen LogP contribution in [0.25, 0.3) is 10.8 Å². The molecule has 52 heavy (non-hydrogen) atoms. The average Bonchev–Trinajstić information content (AvgIpc) is 3.56. The lowest BCUT2D eigenvalue weighted by Gasteiger charge is -2.28. The largest absolute Gasteiger partial charge is 0.489 e. The number of fused-ring (bicyclic) bond motifs is 1. The third-order valence-corrected chi connectivity index (χ3v) is 8.99. The minimum atomic E-state index is -1.89. The van der Waals surface area contributed by atoms with Crippen molar-refractivity contribution in [1.82, 2.24) is 10.6 Å². The monoisotopic (exact) mass is 747 g/mol. The molecule has 1 aliphatic rings. The van der Waals surface area contributed by atoms with Gasteiger partial charge in [0.05, 0.1) is 33.8 Å². The number of oxime groups is 1. The topological polar surface area (TPSA) is 170 Å². The minimum absolute atomic E-state index is 0.0112. The van der Waals surface area contributed by atoms with Crippen LogP contribution in [0.1, 0.15) is 47.4 Å². The van der Waals surface area contributed by atoms with E-state index in [1.54, 1.807) is 42.5 Å². The molecule has 0 aromatic heterocycles. The van der Waals surface area contributed by atoms with E-state index in [1.807, 2.05) is 44.2 Å².